The molecule has 0 aromatic heterocycles. The smallest absolute Gasteiger partial charge is 0.171 e. The molecule has 3 rings (SSSR count). The zero-order valence-electron chi connectivity index (χ0n) is 11.7. The number of fused-ring (bicyclic) bond motifs is 2. The van der Waals surface area contributed by atoms with Gasteiger partial charge in [0.1, 0.15) is 0 Å². The van der Waals surface area contributed by atoms with Crippen molar-refractivity contribution in [2.24, 2.45) is 11.8 Å². The number of nitrogens with one attached hydrogen (secondary N) is 2. The van der Waals surface area contributed by atoms with Gasteiger partial charge in [-0.2, -0.15) is 0 Å². The molecule has 0 heterocycles. The quantitative estimate of drug-likeness (QED) is 0.803. The first-order valence-corrected chi connectivity index (χ1v) is 7.67. The predicted molar refractivity (Wildman–Crippen MR) is 84.5 cm³/mol. The molecule has 0 unspecified atom stereocenters. The van der Waals surface area contributed by atoms with Crippen LogP contribution in [0.15, 0.2) is 18.2 Å². The Hall–Kier alpha value is -1.09. The van der Waals surface area contributed by atoms with Crippen molar-refractivity contribution in [3.63, 3.8) is 0 Å². The van der Waals surface area contributed by atoms with Gasteiger partial charge in [0.15, 0.2) is 5.11 Å². The summed E-state index contributed by atoms with van der Waals surface area (Å²) in [7, 11) is 0. The lowest BCUT2D eigenvalue weighted by molar-refractivity contribution is 0.392. The van der Waals surface area contributed by atoms with Crippen LogP contribution in [0.3, 0.4) is 0 Å². The average molecular weight is 274 g/mol. The molecule has 1 aromatic carbocycles. The van der Waals surface area contributed by atoms with Crippen LogP contribution in [0.5, 0.6) is 0 Å². The summed E-state index contributed by atoms with van der Waals surface area (Å²) in [5.74, 6) is 1.80. The molecule has 3 atom stereocenters. The second-order valence-electron chi connectivity index (χ2n) is 6.18. The summed E-state index contributed by atoms with van der Waals surface area (Å²) in [6, 6.07) is 6.99. The van der Waals surface area contributed by atoms with Gasteiger partial charge in [-0.25, -0.2) is 0 Å². The minimum Gasteiger partial charge on any atom is -0.359 e. The summed E-state index contributed by atoms with van der Waals surface area (Å²) in [5.41, 5.74) is 3.70. The van der Waals surface area contributed by atoms with Crippen LogP contribution in [0.4, 0.5) is 5.69 Å². The highest BCUT2D eigenvalue weighted by Gasteiger charge is 2.39. The second-order valence-corrected chi connectivity index (χ2v) is 6.59. The number of hydrogen-bond acceptors (Lipinski definition) is 1. The van der Waals surface area contributed by atoms with Gasteiger partial charge in [-0.05, 0) is 80.4 Å². The number of benzene rings is 1. The summed E-state index contributed by atoms with van der Waals surface area (Å²) < 4.78 is 0. The van der Waals surface area contributed by atoms with Crippen LogP contribution < -0.4 is 10.6 Å². The fourth-order valence-electron chi connectivity index (χ4n) is 3.58. The lowest BCUT2D eigenvalue weighted by Gasteiger charge is -2.24. The van der Waals surface area contributed by atoms with Gasteiger partial charge in [-0.3, -0.25) is 0 Å². The van der Waals surface area contributed by atoms with Gasteiger partial charge < -0.3 is 10.6 Å². The van der Waals surface area contributed by atoms with Crippen molar-refractivity contribution in [3.05, 3.63) is 29.3 Å². The Morgan fingerprint density at radius 3 is 2.63 bits per heavy atom. The van der Waals surface area contributed by atoms with Crippen molar-refractivity contribution in [1.82, 2.24) is 5.32 Å². The summed E-state index contributed by atoms with van der Waals surface area (Å²) in [6.45, 7) is 4.26. The first-order chi connectivity index (χ1) is 9.11. The van der Waals surface area contributed by atoms with E-state index in [1.54, 1.807) is 0 Å². The van der Waals surface area contributed by atoms with E-state index in [4.69, 9.17) is 12.2 Å². The monoisotopic (exact) mass is 274 g/mol. The Morgan fingerprint density at radius 2 is 2.00 bits per heavy atom. The molecule has 2 aliphatic carbocycles. The first kappa shape index (κ1) is 12.9. The Balaban J connectivity index is 1.57. The molecule has 0 saturated heterocycles. The van der Waals surface area contributed by atoms with Gasteiger partial charge in [-0.1, -0.05) is 12.5 Å². The molecule has 2 bridgehead atoms. The van der Waals surface area contributed by atoms with E-state index in [0.29, 0.717) is 6.04 Å². The van der Waals surface area contributed by atoms with E-state index in [0.717, 1.165) is 22.6 Å². The van der Waals surface area contributed by atoms with Gasteiger partial charge in [-0.15, -0.1) is 0 Å². The molecule has 0 radical (unpaired) electrons. The van der Waals surface area contributed by atoms with Crippen LogP contribution in [0.1, 0.15) is 36.8 Å². The van der Waals surface area contributed by atoms with Crippen molar-refractivity contribution in [3.8, 4) is 0 Å². The van der Waals surface area contributed by atoms with Crippen LogP contribution in [0.2, 0.25) is 0 Å². The number of thiocarbonyl (C=S) groups is 1. The molecule has 102 valence electrons. The third-order valence-electron chi connectivity index (χ3n) is 4.82. The molecule has 2 fully saturated rings. The van der Waals surface area contributed by atoms with E-state index in [1.807, 2.05) is 0 Å². The van der Waals surface area contributed by atoms with E-state index in [-0.39, 0.29) is 0 Å². The van der Waals surface area contributed by atoms with Gasteiger partial charge in [0.05, 0.1) is 0 Å². The molecule has 0 aliphatic heterocycles. The zero-order chi connectivity index (χ0) is 13.4. The van der Waals surface area contributed by atoms with E-state index >= 15 is 0 Å². The first-order valence-electron chi connectivity index (χ1n) is 7.26. The van der Waals surface area contributed by atoms with Crippen molar-refractivity contribution in [2.45, 2.75) is 45.6 Å². The van der Waals surface area contributed by atoms with Crippen molar-refractivity contribution < 1.29 is 0 Å². The molecule has 2 nitrogen and oxygen atoms in total. The summed E-state index contributed by atoms with van der Waals surface area (Å²) in [5, 5.41) is 7.61. The number of hydrogen-bond donors (Lipinski definition) is 2. The fourth-order valence-corrected chi connectivity index (χ4v) is 3.85. The molecule has 1 aromatic rings. The predicted octanol–water partition coefficient (Wildman–Crippen LogP) is 3.78. The molecule has 3 heteroatoms. The largest absolute Gasteiger partial charge is 0.359 e. The molecular formula is C16H22N2S. The molecule has 19 heavy (non-hydrogen) atoms. The lowest BCUT2D eigenvalue weighted by Crippen LogP contribution is -2.40. The molecule has 2 saturated carbocycles. The Labute approximate surface area is 121 Å². The van der Waals surface area contributed by atoms with Gasteiger partial charge >= 0.3 is 0 Å². The molecule has 0 amide bonds. The second kappa shape index (κ2) is 5.12. The molecule has 2 aliphatic rings. The van der Waals surface area contributed by atoms with Crippen molar-refractivity contribution in [1.29, 1.82) is 0 Å². The number of anilines is 1. The highest BCUT2D eigenvalue weighted by Crippen LogP contribution is 2.44. The molecular weight excluding hydrogens is 252 g/mol. The maximum atomic E-state index is 5.44. The van der Waals surface area contributed by atoms with E-state index in [2.05, 4.69) is 42.7 Å². The lowest BCUT2D eigenvalue weighted by atomic mass is 9.95. The standard InChI is InChI=1S/C16H22N2S/c1-10-3-6-14(7-11(10)2)17-16(19)18-15-9-12-4-5-13(15)8-12/h3,6-7,12-13,15H,4-5,8-9H2,1-2H3,(H2,17,18,19)/t12-,13+,15+/m0/s1. The van der Waals surface area contributed by atoms with E-state index < -0.39 is 0 Å². The zero-order valence-corrected chi connectivity index (χ0v) is 12.5. The van der Waals surface area contributed by atoms with Crippen LogP contribution in [-0.2, 0) is 0 Å². The third-order valence-corrected chi connectivity index (χ3v) is 5.04. The topological polar surface area (TPSA) is 24.1 Å². The maximum absolute atomic E-state index is 5.44. The van der Waals surface area contributed by atoms with Gasteiger partial charge in [0, 0.05) is 11.7 Å². The van der Waals surface area contributed by atoms with Crippen LogP contribution in [0, 0.1) is 25.7 Å². The maximum Gasteiger partial charge on any atom is 0.171 e. The van der Waals surface area contributed by atoms with Gasteiger partial charge in [0.2, 0.25) is 0 Å². The number of rotatable bonds is 2. The minimum absolute atomic E-state index is 0.602. The fraction of sp³-hybridized carbons (Fsp3) is 0.562. The Kier molecular flexibility index (Phi) is 3.48. The normalized spacial score (nSPS) is 28.4. The summed E-state index contributed by atoms with van der Waals surface area (Å²) >= 11 is 5.44. The van der Waals surface area contributed by atoms with E-state index in [1.165, 1.54) is 36.8 Å². The minimum atomic E-state index is 0.602. The highest BCUT2D eigenvalue weighted by atomic mass is 32.1. The third kappa shape index (κ3) is 2.76. The van der Waals surface area contributed by atoms with E-state index in [9.17, 15) is 0 Å². The van der Waals surface area contributed by atoms with Crippen LogP contribution >= 0.6 is 12.2 Å². The van der Waals surface area contributed by atoms with Crippen LogP contribution in [0.25, 0.3) is 0 Å². The van der Waals surface area contributed by atoms with Gasteiger partial charge in [0.25, 0.3) is 0 Å². The Morgan fingerprint density at radius 1 is 1.16 bits per heavy atom. The average Bonchev–Trinajstić information content (AvgIpc) is 2.96. The summed E-state index contributed by atoms with van der Waals surface area (Å²) in [6.07, 6.45) is 5.53. The van der Waals surface area contributed by atoms with Crippen molar-refractivity contribution in [2.75, 3.05) is 5.32 Å². The SMILES string of the molecule is Cc1ccc(NC(=S)N[C@@H]2C[C@H]3CC[C@@H]2C3)cc1C. The van der Waals surface area contributed by atoms with Crippen LogP contribution in [-0.4, -0.2) is 11.2 Å². The number of aryl methyl sites for hydroxylation is 2. The van der Waals surface area contributed by atoms with Crippen molar-refractivity contribution >= 4 is 23.0 Å². The Bertz CT molecular complexity index is 498. The molecule has 2 N–H and O–H groups in total. The highest BCUT2D eigenvalue weighted by molar-refractivity contribution is 7.80. The summed E-state index contributed by atoms with van der Waals surface area (Å²) in [4.78, 5) is 0. The molecule has 0 spiro atoms.